The second-order valence-corrected chi connectivity index (χ2v) is 17.6. The highest BCUT2D eigenvalue weighted by Gasteiger charge is 2.29. The number of aromatic hydroxyl groups is 1. The number of imidazole rings is 1. The van der Waals surface area contributed by atoms with E-state index in [4.69, 9.17) is 19.4 Å². The Morgan fingerprint density at radius 1 is 0.593 bits per heavy atom. The Kier molecular flexibility index (Phi) is 9.12. The van der Waals surface area contributed by atoms with Crippen molar-refractivity contribution < 1.29 is 9.52 Å². The van der Waals surface area contributed by atoms with Crippen LogP contribution in [-0.2, 0) is 10.8 Å². The van der Waals surface area contributed by atoms with Crippen LogP contribution in [0.2, 0.25) is 0 Å². The number of benzene rings is 6. The number of phenolic OH excluding ortho intramolecular Hbond substituents is 1. The van der Waals surface area contributed by atoms with E-state index >= 15 is 0 Å². The van der Waals surface area contributed by atoms with Crippen molar-refractivity contribution in [1.82, 2.24) is 19.5 Å². The van der Waals surface area contributed by atoms with E-state index in [9.17, 15) is 5.11 Å². The Morgan fingerprint density at radius 3 is 2.00 bits per heavy atom. The van der Waals surface area contributed by atoms with Crippen LogP contribution in [0.25, 0.3) is 84.2 Å². The molecule has 3 aromatic heterocycles. The topological polar surface area (TPSA) is 77.0 Å². The zero-order chi connectivity index (χ0) is 41.2. The highest BCUT2D eigenvalue weighted by Crippen LogP contribution is 2.45. The molecule has 6 heteroatoms. The monoisotopic (exact) mass is 772 g/mol. The van der Waals surface area contributed by atoms with Crippen LogP contribution in [0.15, 0.2) is 144 Å². The van der Waals surface area contributed by atoms with Crippen LogP contribution in [0, 0.1) is 13.8 Å². The average Bonchev–Trinajstić information content (AvgIpc) is 3.82. The molecule has 292 valence electrons. The minimum absolute atomic E-state index is 0.174. The Bertz CT molecular complexity index is 3030. The summed E-state index contributed by atoms with van der Waals surface area (Å²) in [5.41, 5.74) is 15.3. The molecule has 6 aromatic carbocycles. The predicted octanol–water partition coefficient (Wildman–Crippen LogP) is 13.8. The summed E-state index contributed by atoms with van der Waals surface area (Å²) in [4.78, 5) is 15.3. The molecule has 0 aliphatic carbocycles. The molecule has 9 rings (SSSR count). The van der Waals surface area contributed by atoms with Gasteiger partial charge in [-0.25, -0.2) is 9.97 Å². The van der Waals surface area contributed by atoms with E-state index < -0.39 is 0 Å². The van der Waals surface area contributed by atoms with Crippen LogP contribution in [-0.4, -0.2) is 24.6 Å². The molecule has 0 atom stereocenters. The van der Waals surface area contributed by atoms with Gasteiger partial charge in [0.05, 0.1) is 22.3 Å². The maximum Gasteiger partial charge on any atom is 0.227 e. The minimum atomic E-state index is -0.315. The van der Waals surface area contributed by atoms with E-state index in [1.54, 1.807) is 6.20 Å². The lowest BCUT2D eigenvalue weighted by Crippen LogP contribution is -2.17. The lowest BCUT2D eigenvalue weighted by Gasteiger charge is -2.27. The summed E-state index contributed by atoms with van der Waals surface area (Å²) in [5, 5.41) is 12.3. The van der Waals surface area contributed by atoms with Gasteiger partial charge in [0.25, 0.3) is 0 Å². The summed E-state index contributed by atoms with van der Waals surface area (Å²) in [6, 6.07) is 46.0. The number of para-hydroxylation sites is 2. The van der Waals surface area contributed by atoms with Gasteiger partial charge in [0.2, 0.25) is 5.89 Å². The summed E-state index contributed by atoms with van der Waals surface area (Å²) >= 11 is 0. The zero-order valence-corrected chi connectivity index (χ0v) is 34.9. The van der Waals surface area contributed by atoms with Gasteiger partial charge in [0, 0.05) is 34.0 Å². The van der Waals surface area contributed by atoms with Crippen LogP contribution in [0.5, 0.6) is 5.75 Å². The highest BCUT2D eigenvalue weighted by molar-refractivity contribution is 5.98. The smallest absolute Gasteiger partial charge is 0.227 e. The molecule has 0 fully saturated rings. The van der Waals surface area contributed by atoms with Crippen molar-refractivity contribution in [1.29, 1.82) is 0 Å². The summed E-state index contributed by atoms with van der Waals surface area (Å²) in [6.07, 6.45) is 1.80. The molecule has 1 N–H and O–H groups in total. The molecule has 0 aliphatic rings. The van der Waals surface area contributed by atoms with E-state index in [0.717, 1.165) is 83.6 Å². The third kappa shape index (κ3) is 6.68. The first-order valence-corrected chi connectivity index (χ1v) is 20.3. The molecule has 0 saturated heterocycles. The SMILES string of the molecule is Cc1cccc(C)c1-c1nc2ccnc(-c3cccc(-c4cccc5c4nc(-c4cc(C(C)(C)C)cc(C(C)(C)C)c4O)n5-c4ccccc4-c4ccccc4)c3)c2o1. The quantitative estimate of drug-likeness (QED) is 0.182. The first-order chi connectivity index (χ1) is 28.3. The first-order valence-electron chi connectivity index (χ1n) is 20.3. The first kappa shape index (κ1) is 37.8. The zero-order valence-electron chi connectivity index (χ0n) is 34.9. The van der Waals surface area contributed by atoms with E-state index in [2.05, 4.69) is 181 Å². The summed E-state index contributed by atoms with van der Waals surface area (Å²) in [6.45, 7) is 17.3. The number of hydrogen-bond donors (Lipinski definition) is 1. The van der Waals surface area contributed by atoms with Crippen molar-refractivity contribution in [2.75, 3.05) is 0 Å². The molecule has 0 unspecified atom stereocenters. The number of phenols is 1. The number of fused-ring (bicyclic) bond motifs is 2. The van der Waals surface area contributed by atoms with Crippen molar-refractivity contribution in [2.45, 2.75) is 66.2 Å². The number of nitrogens with zero attached hydrogens (tertiary/aromatic N) is 4. The molecule has 3 heterocycles. The normalized spacial score (nSPS) is 12.1. The van der Waals surface area contributed by atoms with Crippen LogP contribution < -0.4 is 0 Å². The Hall–Kier alpha value is -6.79. The van der Waals surface area contributed by atoms with E-state index in [1.807, 2.05) is 12.1 Å². The predicted molar refractivity (Wildman–Crippen MR) is 242 cm³/mol. The van der Waals surface area contributed by atoms with Crippen LogP contribution in [0.3, 0.4) is 0 Å². The largest absolute Gasteiger partial charge is 0.507 e. The van der Waals surface area contributed by atoms with Gasteiger partial charge in [0.15, 0.2) is 5.58 Å². The Labute approximate surface area is 345 Å². The number of hydrogen-bond acceptors (Lipinski definition) is 5. The molecule has 0 spiro atoms. The Balaban J connectivity index is 1.29. The van der Waals surface area contributed by atoms with Crippen LogP contribution in [0.4, 0.5) is 0 Å². The highest BCUT2D eigenvalue weighted by atomic mass is 16.3. The maximum atomic E-state index is 12.3. The number of oxazole rings is 1. The fraction of sp³-hybridized carbons (Fsp3) is 0.189. The molecule has 0 saturated carbocycles. The van der Waals surface area contributed by atoms with E-state index in [1.165, 1.54) is 0 Å². The van der Waals surface area contributed by atoms with Crippen LogP contribution >= 0.6 is 0 Å². The number of rotatable bonds is 6. The van der Waals surface area contributed by atoms with E-state index in [0.29, 0.717) is 22.9 Å². The summed E-state index contributed by atoms with van der Waals surface area (Å²) < 4.78 is 8.77. The lowest BCUT2D eigenvalue weighted by molar-refractivity contribution is 0.446. The minimum Gasteiger partial charge on any atom is -0.507 e. The van der Waals surface area contributed by atoms with Crippen molar-refractivity contribution in [3.8, 4) is 67.8 Å². The summed E-state index contributed by atoms with van der Waals surface area (Å²) in [5.74, 6) is 1.51. The van der Waals surface area contributed by atoms with Gasteiger partial charge in [-0.3, -0.25) is 9.55 Å². The average molecular weight is 773 g/mol. The molecule has 0 amide bonds. The standard InChI is InChI=1S/C53H48N4O2/c1-32-17-14-18-33(2)45(32)51-55-42-27-28-54-46(49(42)59-51)36-22-15-21-35(29-36)39-24-16-26-44-47(39)56-50(40-30-37(52(3,4)5)31-41(48(40)58)53(6,7)8)57(44)43-25-13-12-23-38(43)34-19-10-9-11-20-34/h9-31,58H,1-8H3. The molecule has 0 aliphatic heterocycles. The van der Waals surface area contributed by atoms with Crippen molar-refractivity contribution in [2.24, 2.45) is 0 Å². The number of aromatic nitrogens is 4. The second kappa shape index (κ2) is 14.2. The van der Waals surface area contributed by atoms with Gasteiger partial charge in [0.1, 0.15) is 22.8 Å². The molecule has 0 bridgehead atoms. The molecular formula is C53H48N4O2. The number of aryl methyl sites for hydroxylation is 2. The third-order valence-corrected chi connectivity index (χ3v) is 11.4. The van der Waals surface area contributed by atoms with Gasteiger partial charge < -0.3 is 9.52 Å². The van der Waals surface area contributed by atoms with Crippen molar-refractivity contribution in [3.63, 3.8) is 0 Å². The fourth-order valence-corrected chi connectivity index (χ4v) is 8.25. The van der Waals surface area contributed by atoms with Crippen molar-refractivity contribution >= 4 is 22.1 Å². The molecule has 9 aromatic rings. The van der Waals surface area contributed by atoms with Gasteiger partial charge >= 0.3 is 0 Å². The summed E-state index contributed by atoms with van der Waals surface area (Å²) in [7, 11) is 0. The Morgan fingerprint density at radius 2 is 1.25 bits per heavy atom. The lowest BCUT2D eigenvalue weighted by atomic mass is 9.79. The molecule has 6 nitrogen and oxygen atoms in total. The third-order valence-electron chi connectivity index (χ3n) is 11.4. The maximum absolute atomic E-state index is 12.3. The van der Waals surface area contributed by atoms with Gasteiger partial charge in [-0.05, 0) is 82.8 Å². The van der Waals surface area contributed by atoms with Gasteiger partial charge in [-0.15, -0.1) is 0 Å². The molecule has 59 heavy (non-hydrogen) atoms. The van der Waals surface area contributed by atoms with Crippen LogP contribution in [0.1, 0.15) is 63.8 Å². The van der Waals surface area contributed by atoms with Gasteiger partial charge in [-0.1, -0.05) is 145 Å². The molecule has 0 radical (unpaired) electrons. The fourth-order valence-electron chi connectivity index (χ4n) is 8.25. The van der Waals surface area contributed by atoms with E-state index in [-0.39, 0.29) is 16.6 Å². The second-order valence-electron chi connectivity index (χ2n) is 17.6. The number of pyridine rings is 1. The van der Waals surface area contributed by atoms with Gasteiger partial charge in [-0.2, -0.15) is 0 Å². The molecular weight excluding hydrogens is 725 g/mol. The van der Waals surface area contributed by atoms with Crippen molar-refractivity contribution in [3.05, 3.63) is 162 Å².